The van der Waals surface area contributed by atoms with Crippen molar-refractivity contribution in [2.24, 2.45) is 0 Å². The van der Waals surface area contributed by atoms with Crippen molar-refractivity contribution in [2.75, 3.05) is 11.9 Å². The van der Waals surface area contributed by atoms with E-state index in [1.807, 2.05) is 24.3 Å². The van der Waals surface area contributed by atoms with E-state index in [9.17, 15) is 9.90 Å². The first-order valence-electron chi connectivity index (χ1n) is 6.81. The highest BCUT2D eigenvalue weighted by Gasteiger charge is 2.25. The molecule has 0 saturated carbocycles. The van der Waals surface area contributed by atoms with E-state index < -0.39 is 5.60 Å². The van der Waals surface area contributed by atoms with Crippen LogP contribution in [-0.4, -0.2) is 17.6 Å². The van der Waals surface area contributed by atoms with Gasteiger partial charge in [0.25, 0.3) is 0 Å². The zero-order valence-corrected chi connectivity index (χ0v) is 12.2. The highest BCUT2D eigenvalue weighted by Crippen LogP contribution is 2.20. The van der Waals surface area contributed by atoms with Crippen LogP contribution >= 0.6 is 0 Å². The summed E-state index contributed by atoms with van der Waals surface area (Å²) >= 11 is 0. The van der Waals surface area contributed by atoms with Crippen molar-refractivity contribution < 1.29 is 14.3 Å². The van der Waals surface area contributed by atoms with Crippen molar-refractivity contribution in [3.8, 4) is 0 Å². The summed E-state index contributed by atoms with van der Waals surface area (Å²) in [5.74, 6) is 0.412. The minimum absolute atomic E-state index is 0.106. The van der Waals surface area contributed by atoms with Crippen molar-refractivity contribution in [1.82, 2.24) is 5.32 Å². The standard InChI is InChI=1S/C16H20N2O3/c1-12(19)18-14-7-4-3-6-13(14)10-17-11-16(2,20)15-8-5-9-21-15/h3-9,17,20H,10-11H2,1-2H3,(H,18,19). The second-order valence-corrected chi connectivity index (χ2v) is 5.19. The molecule has 0 spiro atoms. The lowest BCUT2D eigenvalue weighted by Gasteiger charge is -2.21. The lowest BCUT2D eigenvalue weighted by Crippen LogP contribution is -2.34. The Hall–Kier alpha value is -2.11. The van der Waals surface area contributed by atoms with Crippen LogP contribution in [0.1, 0.15) is 25.2 Å². The molecule has 3 N–H and O–H groups in total. The SMILES string of the molecule is CC(=O)Nc1ccccc1CNCC(C)(O)c1ccco1. The summed E-state index contributed by atoms with van der Waals surface area (Å²) in [6.07, 6.45) is 1.54. The van der Waals surface area contributed by atoms with Gasteiger partial charge in [-0.2, -0.15) is 0 Å². The van der Waals surface area contributed by atoms with E-state index in [1.165, 1.54) is 13.2 Å². The Labute approximate surface area is 124 Å². The fraction of sp³-hybridized carbons (Fsp3) is 0.312. The molecule has 2 aromatic rings. The molecule has 0 aliphatic carbocycles. The fourth-order valence-corrected chi connectivity index (χ4v) is 2.10. The number of aliphatic hydroxyl groups is 1. The molecule has 1 aromatic carbocycles. The van der Waals surface area contributed by atoms with Crippen LogP contribution in [0, 0.1) is 0 Å². The Morgan fingerprint density at radius 3 is 2.71 bits per heavy atom. The van der Waals surface area contributed by atoms with Gasteiger partial charge >= 0.3 is 0 Å². The predicted octanol–water partition coefficient (Wildman–Crippen LogP) is 2.24. The number of benzene rings is 1. The van der Waals surface area contributed by atoms with Crippen LogP contribution in [-0.2, 0) is 16.9 Å². The summed E-state index contributed by atoms with van der Waals surface area (Å²) in [6, 6.07) is 11.0. The van der Waals surface area contributed by atoms with Crippen LogP contribution in [0.2, 0.25) is 0 Å². The first kappa shape index (κ1) is 15.3. The molecule has 0 aliphatic rings. The van der Waals surface area contributed by atoms with Gasteiger partial charge in [-0.3, -0.25) is 4.79 Å². The number of hydrogen-bond acceptors (Lipinski definition) is 4. The number of furan rings is 1. The summed E-state index contributed by atoms with van der Waals surface area (Å²) in [4.78, 5) is 11.2. The number of rotatable bonds is 6. The fourth-order valence-electron chi connectivity index (χ4n) is 2.10. The summed E-state index contributed by atoms with van der Waals surface area (Å²) in [6.45, 7) is 4.05. The Balaban J connectivity index is 1.96. The van der Waals surface area contributed by atoms with Crippen LogP contribution in [0.25, 0.3) is 0 Å². The molecular formula is C16H20N2O3. The number of carbonyl (C=O) groups excluding carboxylic acids is 1. The maximum atomic E-state index is 11.2. The molecule has 0 saturated heterocycles. The lowest BCUT2D eigenvalue weighted by atomic mass is 10.0. The smallest absolute Gasteiger partial charge is 0.221 e. The minimum Gasteiger partial charge on any atom is -0.466 e. The Kier molecular flexibility index (Phi) is 4.77. The molecular weight excluding hydrogens is 268 g/mol. The van der Waals surface area contributed by atoms with Crippen LogP contribution in [0.4, 0.5) is 5.69 Å². The summed E-state index contributed by atoms with van der Waals surface area (Å²) in [7, 11) is 0. The largest absolute Gasteiger partial charge is 0.466 e. The normalized spacial score (nSPS) is 13.7. The molecule has 1 atom stereocenters. The van der Waals surface area contributed by atoms with E-state index >= 15 is 0 Å². The van der Waals surface area contributed by atoms with Crippen molar-refractivity contribution in [3.05, 3.63) is 54.0 Å². The number of nitrogens with one attached hydrogen (secondary N) is 2. The lowest BCUT2D eigenvalue weighted by molar-refractivity contribution is -0.114. The second-order valence-electron chi connectivity index (χ2n) is 5.19. The van der Waals surface area contributed by atoms with Gasteiger partial charge in [-0.05, 0) is 30.7 Å². The van der Waals surface area contributed by atoms with Gasteiger partial charge in [0.05, 0.1) is 6.26 Å². The van der Waals surface area contributed by atoms with Gasteiger partial charge in [-0.15, -0.1) is 0 Å². The molecule has 1 heterocycles. The van der Waals surface area contributed by atoms with Gasteiger partial charge in [-0.1, -0.05) is 18.2 Å². The predicted molar refractivity (Wildman–Crippen MR) is 80.7 cm³/mol. The third-order valence-electron chi connectivity index (χ3n) is 3.16. The monoisotopic (exact) mass is 288 g/mol. The molecule has 5 heteroatoms. The van der Waals surface area contributed by atoms with Crippen LogP contribution in [0.3, 0.4) is 0 Å². The second kappa shape index (κ2) is 6.56. The Bertz CT molecular complexity index is 591. The van der Waals surface area contributed by atoms with Crippen molar-refractivity contribution in [3.63, 3.8) is 0 Å². The summed E-state index contributed by atoms with van der Waals surface area (Å²) in [5, 5.41) is 16.3. The van der Waals surface area contributed by atoms with Gasteiger partial charge < -0.3 is 20.2 Å². The average molecular weight is 288 g/mol. The molecule has 0 fully saturated rings. The molecule has 0 aliphatic heterocycles. The van der Waals surface area contributed by atoms with Crippen molar-refractivity contribution >= 4 is 11.6 Å². The molecule has 112 valence electrons. The third-order valence-corrected chi connectivity index (χ3v) is 3.16. The van der Waals surface area contributed by atoms with Crippen LogP contribution in [0.5, 0.6) is 0 Å². The van der Waals surface area contributed by atoms with Crippen molar-refractivity contribution in [2.45, 2.75) is 26.0 Å². The van der Waals surface area contributed by atoms with E-state index in [0.29, 0.717) is 18.8 Å². The van der Waals surface area contributed by atoms with Crippen LogP contribution in [0.15, 0.2) is 47.1 Å². The molecule has 1 unspecified atom stereocenters. The summed E-state index contributed by atoms with van der Waals surface area (Å²) in [5.41, 5.74) is 0.657. The number of para-hydroxylation sites is 1. The number of anilines is 1. The van der Waals surface area contributed by atoms with E-state index in [-0.39, 0.29) is 5.91 Å². The molecule has 5 nitrogen and oxygen atoms in total. The minimum atomic E-state index is -1.08. The number of amides is 1. The van der Waals surface area contributed by atoms with Gasteiger partial charge in [0, 0.05) is 25.7 Å². The first-order chi connectivity index (χ1) is 9.99. The van der Waals surface area contributed by atoms with Crippen LogP contribution < -0.4 is 10.6 Å². The molecule has 1 amide bonds. The highest BCUT2D eigenvalue weighted by atomic mass is 16.4. The Morgan fingerprint density at radius 2 is 2.05 bits per heavy atom. The van der Waals surface area contributed by atoms with E-state index in [2.05, 4.69) is 10.6 Å². The third kappa shape index (κ3) is 4.18. The zero-order valence-electron chi connectivity index (χ0n) is 12.2. The van der Waals surface area contributed by atoms with E-state index in [0.717, 1.165) is 11.3 Å². The molecule has 2 rings (SSSR count). The maximum Gasteiger partial charge on any atom is 0.221 e. The van der Waals surface area contributed by atoms with E-state index in [1.54, 1.807) is 19.1 Å². The van der Waals surface area contributed by atoms with E-state index in [4.69, 9.17) is 4.42 Å². The quantitative estimate of drug-likeness (QED) is 0.762. The number of hydrogen-bond donors (Lipinski definition) is 3. The maximum absolute atomic E-state index is 11.2. The average Bonchev–Trinajstić information content (AvgIpc) is 2.95. The van der Waals surface area contributed by atoms with Gasteiger partial charge in [0.2, 0.25) is 5.91 Å². The summed E-state index contributed by atoms with van der Waals surface area (Å²) < 4.78 is 5.23. The van der Waals surface area contributed by atoms with Gasteiger partial charge in [-0.25, -0.2) is 0 Å². The number of carbonyl (C=O) groups is 1. The highest BCUT2D eigenvalue weighted by molar-refractivity contribution is 5.89. The molecule has 1 aromatic heterocycles. The molecule has 21 heavy (non-hydrogen) atoms. The van der Waals surface area contributed by atoms with Gasteiger partial charge in [0.1, 0.15) is 11.4 Å². The van der Waals surface area contributed by atoms with Gasteiger partial charge in [0.15, 0.2) is 0 Å². The zero-order chi connectivity index (χ0) is 15.3. The first-order valence-corrected chi connectivity index (χ1v) is 6.81. The Morgan fingerprint density at radius 1 is 1.29 bits per heavy atom. The topological polar surface area (TPSA) is 74.5 Å². The van der Waals surface area contributed by atoms with Crippen molar-refractivity contribution in [1.29, 1.82) is 0 Å². The molecule has 0 radical (unpaired) electrons. The molecule has 0 bridgehead atoms.